The largest absolute Gasteiger partial charge is 0.378 e. The van der Waals surface area contributed by atoms with Gasteiger partial charge in [-0.25, -0.2) is 8.42 Å². The van der Waals surface area contributed by atoms with E-state index in [0.717, 1.165) is 38.3 Å². The summed E-state index contributed by atoms with van der Waals surface area (Å²) in [4.78, 5) is 13.3. The standard InChI is InChI=1S/C18H29N3O4S/c1-4-14(5-2)18(20-10-6-7-11-20)13-19-16-9-8-15(26(3,24)25)12-17(16)21(22)23/h8-9,12,14,18-19H,4-7,10-11,13H2,1-3H3. The first-order chi connectivity index (χ1) is 12.3. The van der Waals surface area contributed by atoms with Crippen molar-refractivity contribution in [1.29, 1.82) is 0 Å². The van der Waals surface area contributed by atoms with Gasteiger partial charge in [-0.05, 0) is 44.0 Å². The molecule has 1 heterocycles. The van der Waals surface area contributed by atoms with E-state index in [0.29, 0.717) is 24.2 Å². The molecule has 1 N–H and O–H groups in total. The molecule has 26 heavy (non-hydrogen) atoms. The van der Waals surface area contributed by atoms with Gasteiger partial charge in [0.2, 0.25) is 0 Å². The number of anilines is 1. The van der Waals surface area contributed by atoms with E-state index in [9.17, 15) is 18.5 Å². The van der Waals surface area contributed by atoms with Crippen molar-refractivity contribution in [3.05, 3.63) is 28.3 Å². The zero-order chi connectivity index (χ0) is 19.3. The topological polar surface area (TPSA) is 92.5 Å². The van der Waals surface area contributed by atoms with E-state index in [4.69, 9.17) is 0 Å². The number of hydrogen-bond acceptors (Lipinski definition) is 6. The van der Waals surface area contributed by atoms with Crippen LogP contribution in [0.3, 0.4) is 0 Å². The molecule has 1 aliphatic heterocycles. The van der Waals surface area contributed by atoms with Gasteiger partial charge in [-0.3, -0.25) is 15.0 Å². The summed E-state index contributed by atoms with van der Waals surface area (Å²) in [6, 6.07) is 4.39. The van der Waals surface area contributed by atoms with Crippen LogP contribution in [0.5, 0.6) is 0 Å². The lowest BCUT2D eigenvalue weighted by Gasteiger charge is -2.34. The molecule has 1 atom stereocenters. The summed E-state index contributed by atoms with van der Waals surface area (Å²) < 4.78 is 23.4. The molecule has 0 saturated carbocycles. The molecule has 1 aromatic carbocycles. The van der Waals surface area contributed by atoms with E-state index in [1.807, 2.05) is 0 Å². The fourth-order valence-electron chi connectivity index (χ4n) is 3.76. The van der Waals surface area contributed by atoms with Crippen LogP contribution >= 0.6 is 0 Å². The number of likely N-dealkylation sites (tertiary alicyclic amines) is 1. The lowest BCUT2D eigenvalue weighted by molar-refractivity contribution is -0.384. The lowest BCUT2D eigenvalue weighted by atomic mass is 9.93. The predicted octanol–water partition coefficient (Wildman–Crippen LogP) is 3.31. The molecule has 1 aliphatic rings. The third-order valence-electron chi connectivity index (χ3n) is 5.30. The maximum Gasteiger partial charge on any atom is 0.293 e. The zero-order valence-corrected chi connectivity index (χ0v) is 16.6. The van der Waals surface area contributed by atoms with Gasteiger partial charge in [0.25, 0.3) is 5.69 Å². The molecule has 1 fully saturated rings. The van der Waals surface area contributed by atoms with Crippen LogP contribution in [-0.2, 0) is 9.84 Å². The molecule has 0 bridgehead atoms. The third-order valence-corrected chi connectivity index (χ3v) is 6.41. The summed E-state index contributed by atoms with van der Waals surface area (Å²) >= 11 is 0. The molecule has 7 nitrogen and oxygen atoms in total. The number of sulfone groups is 1. The highest BCUT2D eigenvalue weighted by Crippen LogP contribution is 2.29. The Kier molecular flexibility index (Phi) is 7.00. The molecular formula is C18H29N3O4S. The fraction of sp³-hybridized carbons (Fsp3) is 0.667. The first-order valence-electron chi connectivity index (χ1n) is 9.24. The summed E-state index contributed by atoms with van der Waals surface area (Å²) in [6.45, 7) is 7.11. The first-order valence-corrected chi connectivity index (χ1v) is 11.1. The molecule has 0 amide bonds. The van der Waals surface area contributed by atoms with Gasteiger partial charge in [-0.2, -0.15) is 0 Å². The predicted molar refractivity (Wildman–Crippen MR) is 103 cm³/mol. The number of rotatable bonds is 9. The zero-order valence-electron chi connectivity index (χ0n) is 15.8. The monoisotopic (exact) mass is 383 g/mol. The number of hydrogen-bond donors (Lipinski definition) is 1. The average molecular weight is 384 g/mol. The van der Waals surface area contributed by atoms with Crippen molar-refractivity contribution in [2.24, 2.45) is 5.92 Å². The molecule has 0 aromatic heterocycles. The van der Waals surface area contributed by atoms with Gasteiger partial charge in [0.15, 0.2) is 9.84 Å². The van der Waals surface area contributed by atoms with E-state index in [1.165, 1.54) is 25.0 Å². The smallest absolute Gasteiger partial charge is 0.293 e. The highest BCUT2D eigenvalue weighted by atomic mass is 32.2. The molecule has 8 heteroatoms. The van der Waals surface area contributed by atoms with E-state index in [-0.39, 0.29) is 10.6 Å². The minimum absolute atomic E-state index is 0.0363. The Morgan fingerprint density at radius 3 is 2.35 bits per heavy atom. The Balaban J connectivity index is 2.23. The van der Waals surface area contributed by atoms with Crippen LogP contribution in [0, 0.1) is 16.0 Å². The van der Waals surface area contributed by atoms with Crippen LogP contribution in [0.25, 0.3) is 0 Å². The van der Waals surface area contributed by atoms with Crippen molar-refractivity contribution in [3.63, 3.8) is 0 Å². The second kappa shape index (κ2) is 8.81. The second-order valence-corrected chi connectivity index (χ2v) is 8.99. The number of nitrogens with one attached hydrogen (secondary N) is 1. The molecule has 0 spiro atoms. The molecule has 1 unspecified atom stereocenters. The van der Waals surface area contributed by atoms with Gasteiger partial charge in [-0.15, -0.1) is 0 Å². The van der Waals surface area contributed by atoms with Crippen molar-refractivity contribution in [1.82, 2.24) is 4.90 Å². The molecule has 2 rings (SSSR count). The van der Waals surface area contributed by atoms with Crippen LogP contribution in [0.2, 0.25) is 0 Å². The van der Waals surface area contributed by atoms with Crippen LogP contribution in [-0.4, -0.2) is 50.2 Å². The van der Waals surface area contributed by atoms with Gasteiger partial charge >= 0.3 is 0 Å². The quantitative estimate of drug-likeness (QED) is 0.519. The van der Waals surface area contributed by atoms with Crippen molar-refractivity contribution in [2.45, 2.75) is 50.5 Å². The first kappa shape index (κ1) is 20.6. The normalized spacial score (nSPS) is 16.8. The van der Waals surface area contributed by atoms with Gasteiger partial charge < -0.3 is 5.32 Å². The number of nitro groups is 1. The Bertz CT molecular complexity index is 724. The number of benzene rings is 1. The lowest BCUT2D eigenvalue weighted by Crippen LogP contribution is -2.43. The summed E-state index contributed by atoms with van der Waals surface area (Å²) in [6.07, 6.45) is 5.57. The average Bonchev–Trinajstić information content (AvgIpc) is 3.11. The third kappa shape index (κ3) is 4.94. The summed E-state index contributed by atoms with van der Waals surface area (Å²) in [5, 5.41) is 14.6. The van der Waals surface area contributed by atoms with Crippen molar-refractivity contribution < 1.29 is 13.3 Å². The Hall–Kier alpha value is -1.67. The maximum absolute atomic E-state index is 11.7. The molecule has 0 aliphatic carbocycles. The van der Waals surface area contributed by atoms with Gasteiger partial charge in [0, 0.05) is 24.9 Å². The van der Waals surface area contributed by atoms with Crippen molar-refractivity contribution in [2.75, 3.05) is 31.2 Å². The van der Waals surface area contributed by atoms with Crippen LogP contribution in [0.1, 0.15) is 39.5 Å². The fourth-order valence-corrected chi connectivity index (χ4v) is 4.40. The van der Waals surface area contributed by atoms with Crippen LogP contribution in [0.4, 0.5) is 11.4 Å². The van der Waals surface area contributed by atoms with Crippen LogP contribution in [0.15, 0.2) is 23.1 Å². The highest BCUT2D eigenvalue weighted by molar-refractivity contribution is 7.90. The number of nitrogens with zero attached hydrogens (tertiary/aromatic N) is 2. The van der Waals surface area contributed by atoms with Crippen LogP contribution < -0.4 is 5.32 Å². The summed E-state index contributed by atoms with van der Waals surface area (Å²) in [5.41, 5.74) is 0.176. The molecule has 146 valence electrons. The summed E-state index contributed by atoms with van der Waals surface area (Å²) in [7, 11) is -3.48. The number of nitro benzene ring substituents is 1. The van der Waals surface area contributed by atoms with E-state index < -0.39 is 14.8 Å². The minimum Gasteiger partial charge on any atom is -0.378 e. The van der Waals surface area contributed by atoms with E-state index >= 15 is 0 Å². The highest BCUT2D eigenvalue weighted by Gasteiger charge is 2.28. The molecule has 1 aromatic rings. The Labute approximate surface area is 155 Å². The SMILES string of the molecule is CCC(CC)C(CNc1ccc(S(C)(=O)=O)cc1[N+](=O)[O-])N1CCCC1. The molecule has 0 radical (unpaired) electrons. The Morgan fingerprint density at radius 1 is 1.23 bits per heavy atom. The Morgan fingerprint density at radius 2 is 1.85 bits per heavy atom. The molecule has 1 saturated heterocycles. The maximum atomic E-state index is 11.7. The minimum atomic E-state index is -3.48. The van der Waals surface area contributed by atoms with E-state index in [2.05, 4.69) is 24.1 Å². The van der Waals surface area contributed by atoms with E-state index in [1.54, 1.807) is 0 Å². The van der Waals surface area contributed by atoms with Crippen molar-refractivity contribution >= 4 is 21.2 Å². The summed E-state index contributed by atoms with van der Waals surface area (Å²) in [5.74, 6) is 0.523. The van der Waals surface area contributed by atoms with Gasteiger partial charge in [0.1, 0.15) is 5.69 Å². The van der Waals surface area contributed by atoms with Crippen molar-refractivity contribution in [3.8, 4) is 0 Å². The molecular weight excluding hydrogens is 354 g/mol. The second-order valence-electron chi connectivity index (χ2n) is 6.98. The van der Waals surface area contributed by atoms with Gasteiger partial charge in [-0.1, -0.05) is 26.7 Å². The van der Waals surface area contributed by atoms with Gasteiger partial charge in [0.05, 0.1) is 9.82 Å².